The fourth-order valence-electron chi connectivity index (χ4n) is 1.91. The average molecular weight is 276 g/mol. The van der Waals surface area contributed by atoms with E-state index in [1.54, 1.807) is 12.1 Å². The highest BCUT2D eigenvalue weighted by Crippen LogP contribution is 2.16. The molecule has 0 spiro atoms. The minimum atomic E-state index is -1.07. The highest BCUT2D eigenvalue weighted by atomic mass is 16.4. The Kier molecular flexibility index (Phi) is 3.44. The quantitative estimate of drug-likeness (QED) is 0.873. The summed E-state index contributed by atoms with van der Waals surface area (Å²) < 4.78 is 1.31. The van der Waals surface area contributed by atoms with E-state index >= 15 is 0 Å². The number of aromatic nitrogens is 3. The largest absolute Gasteiger partial charge is 0.478 e. The van der Waals surface area contributed by atoms with Crippen molar-refractivity contribution in [3.05, 3.63) is 23.8 Å². The van der Waals surface area contributed by atoms with Crippen molar-refractivity contribution in [3.8, 4) is 0 Å². The van der Waals surface area contributed by atoms with E-state index in [4.69, 9.17) is 0 Å². The number of nitrogens with one attached hydrogen (secondary N) is 1. The Balaban J connectivity index is 2.36. The molecule has 0 atom stereocenters. The molecule has 20 heavy (non-hydrogen) atoms. The summed E-state index contributed by atoms with van der Waals surface area (Å²) >= 11 is 0. The molecule has 1 heterocycles. The number of fused-ring (bicyclic) bond motifs is 1. The lowest BCUT2D eigenvalue weighted by molar-refractivity contribution is -0.123. The molecule has 7 heteroatoms. The summed E-state index contributed by atoms with van der Waals surface area (Å²) in [6, 6.07) is 4.72. The predicted octanol–water partition coefficient (Wildman–Crippen LogP) is 1.04. The van der Waals surface area contributed by atoms with Gasteiger partial charge in [0.1, 0.15) is 17.6 Å². The van der Waals surface area contributed by atoms with E-state index in [9.17, 15) is 14.7 Å². The molecule has 0 aliphatic carbocycles. The van der Waals surface area contributed by atoms with E-state index in [0.29, 0.717) is 11.0 Å². The first-order valence-electron chi connectivity index (χ1n) is 6.14. The van der Waals surface area contributed by atoms with Gasteiger partial charge in [-0.3, -0.25) is 4.79 Å². The average Bonchev–Trinajstić information content (AvgIpc) is 2.69. The van der Waals surface area contributed by atoms with Gasteiger partial charge in [-0.1, -0.05) is 11.3 Å². The standard InChI is InChI=1S/C13H16N4O3/c1-13(2,3)14-10(18)7-17-11-8(12(19)20)5-4-6-9(11)15-16-17/h4-6H,7H2,1-3H3,(H,14,18)(H,19,20). The molecule has 2 aromatic rings. The number of aromatic carboxylic acids is 1. The maximum atomic E-state index is 11.9. The SMILES string of the molecule is CC(C)(C)NC(=O)Cn1nnc2cccc(C(=O)O)c21. The van der Waals surface area contributed by atoms with Crippen LogP contribution in [0.5, 0.6) is 0 Å². The van der Waals surface area contributed by atoms with Gasteiger partial charge in [0.15, 0.2) is 0 Å². The zero-order chi connectivity index (χ0) is 14.9. The molecular weight excluding hydrogens is 260 g/mol. The second-order valence-corrected chi connectivity index (χ2v) is 5.52. The van der Waals surface area contributed by atoms with Crippen LogP contribution in [0.3, 0.4) is 0 Å². The highest BCUT2D eigenvalue weighted by molar-refractivity contribution is 6.01. The second-order valence-electron chi connectivity index (χ2n) is 5.52. The van der Waals surface area contributed by atoms with E-state index < -0.39 is 5.97 Å². The minimum absolute atomic E-state index is 0.0714. The van der Waals surface area contributed by atoms with Crippen molar-refractivity contribution < 1.29 is 14.7 Å². The van der Waals surface area contributed by atoms with Crippen LogP contribution < -0.4 is 5.32 Å². The molecule has 0 bridgehead atoms. The fraction of sp³-hybridized carbons (Fsp3) is 0.385. The van der Waals surface area contributed by atoms with Gasteiger partial charge in [0.25, 0.3) is 0 Å². The Hall–Kier alpha value is -2.44. The molecule has 0 unspecified atom stereocenters. The molecule has 106 valence electrons. The Morgan fingerprint density at radius 1 is 1.35 bits per heavy atom. The molecular formula is C13H16N4O3. The Morgan fingerprint density at radius 2 is 2.05 bits per heavy atom. The van der Waals surface area contributed by atoms with Gasteiger partial charge in [-0.2, -0.15) is 0 Å². The lowest BCUT2D eigenvalue weighted by Crippen LogP contribution is -2.42. The van der Waals surface area contributed by atoms with Gasteiger partial charge in [0.05, 0.1) is 5.56 Å². The van der Waals surface area contributed by atoms with E-state index in [2.05, 4.69) is 15.6 Å². The van der Waals surface area contributed by atoms with Gasteiger partial charge in [0, 0.05) is 5.54 Å². The molecule has 0 saturated heterocycles. The number of carboxylic acid groups (broad SMARTS) is 1. The summed E-state index contributed by atoms with van der Waals surface area (Å²) in [5.74, 6) is -1.32. The first-order valence-corrected chi connectivity index (χ1v) is 6.14. The summed E-state index contributed by atoms with van der Waals surface area (Å²) in [6.07, 6.45) is 0. The fourth-order valence-corrected chi connectivity index (χ4v) is 1.91. The normalized spacial score (nSPS) is 11.6. The summed E-state index contributed by atoms with van der Waals surface area (Å²) in [6.45, 7) is 5.53. The lowest BCUT2D eigenvalue weighted by atomic mass is 10.1. The van der Waals surface area contributed by atoms with Gasteiger partial charge in [-0.15, -0.1) is 5.10 Å². The summed E-state index contributed by atoms with van der Waals surface area (Å²) in [5.41, 5.74) is 0.525. The summed E-state index contributed by atoms with van der Waals surface area (Å²) in [4.78, 5) is 23.1. The van der Waals surface area contributed by atoms with Gasteiger partial charge in [0.2, 0.25) is 5.91 Å². The van der Waals surface area contributed by atoms with Gasteiger partial charge in [-0.05, 0) is 32.9 Å². The Morgan fingerprint density at radius 3 is 2.65 bits per heavy atom. The monoisotopic (exact) mass is 276 g/mol. The molecule has 0 fully saturated rings. The van der Waals surface area contributed by atoms with Crippen LogP contribution in [-0.2, 0) is 11.3 Å². The maximum Gasteiger partial charge on any atom is 0.337 e. The van der Waals surface area contributed by atoms with Crippen molar-refractivity contribution in [2.45, 2.75) is 32.9 Å². The molecule has 0 aliphatic rings. The van der Waals surface area contributed by atoms with Crippen molar-refractivity contribution in [3.63, 3.8) is 0 Å². The van der Waals surface area contributed by atoms with Crippen molar-refractivity contribution in [2.24, 2.45) is 0 Å². The van der Waals surface area contributed by atoms with Gasteiger partial charge >= 0.3 is 5.97 Å². The van der Waals surface area contributed by atoms with E-state index in [-0.39, 0.29) is 23.6 Å². The molecule has 1 aromatic heterocycles. The number of benzene rings is 1. The second kappa shape index (κ2) is 4.92. The van der Waals surface area contributed by atoms with Crippen LogP contribution in [0.2, 0.25) is 0 Å². The molecule has 1 aromatic carbocycles. The van der Waals surface area contributed by atoms with Gasteiger partial charge < -0.3 is 10.4 Å². The van der Waals surface area contributed by atoms with E-state index in [0.717, 1.165) is 0 Å². The van der Waals surface area contributed by atoms with E-state index in [1.165, 1.54) is 10.7 Å². The smallest absolute Gasteiger partial charge is 0.337 e. The number of hydrogen-bond acceptors (Lipinski definition) is 4. The third-order valence-corrected chi connectivity index (χ3v) is 2.57. The number of carbonyl (C=O) groups excluding carboxylic acids is 1. The van der Waals surface area contributed by atoms with Crippen LogP contribution in [0, 0.1) is 0 Å². The number of amides is 1. The predicted molar refractivity (Wildman–Crippen MR) is 72.4 cm³/mol. The number of hydrogen-bond donors (Lipinski definition) is 2. The van der Waals surface area contributed by atoms with Crippen molar-refractivity contribution in [1.29, 1.82) is 0 Å². The third kappa shape index (κ3) is 2.93. The Labute approximate surface area is 115 Å². The first-order chi connectivity index (χ1) is 9.28. The van der Waals surface area contributed by atoms with Crippen molar-refractivity contribution >= 4 is 22.9 Å². The van der Waals surface area contributed by atoms with Crippen LogP contribution in [-0.4, -0.2) is 37.5 Å². The lowest BCUT2D eigenvalue weighted by Gasteiger charge is -2.20. The van der Waals surface area contributed by atoms with Crippen LogP contribution in [0.15, 0.2) is 18.2 Å². The first kappa shape index (κ1) is 14.0. The number of nitrogens with zero attached hydrogens (tertiary/aromatic N) is 3. The van der Waals surface area contributed by atoms with Gasteiger partial charge in [-0.25, -0.2) is 9.48 Å². The number of carboxylic acids is 1. The van der Waals surface area contributed by atoms with Crippen molar-refractivity contribution in [1.82, 2.24) is 20.3 Å². The molecule has 2 rings (SSSR count). The van der Waals surface area contributed by atoms with Crippen LogP contribution in [0.1, 0.15) is 31.1 Å². The number of carbonyl (C=O) groups is 2. The minimum Gasteiger partial charge on any atom is -0.478 e. The zero-order valence-corrected chi connectivity index (χ0v) is 11.5. The maximum absolute atomic E-state index is 11.9. The van der Waals surface area contributed by atoms with E-state index in [1.807, 2.05) is 20.8 Å². The number of rotatable bonds is 3. The summed E-state index contributed by atoms with van der Waals surface area (Å²) in [7, 11) is 0. The highest BCUT2D eigenvalue weighted by Gasteiger charge is 2.18. The van der Waals surface area contributed by atoms with Crippen molar-refractivity contribution in [2.75, 3.05) is 0 Å². The van der Waals surface area contributed by atoms with Crippen LogP contribution >= 0.6 is 0 Å². The van der Waals surface area contributed by atoms with Crippen LogP contribution in [0.4, 0.5) is 0 Å². The molecule has 0 saturated carbocycles. The third-order valence-electron chi connectivity index (χ3n) is 2.57. The Bertz CT molecular complexity index is 670. The topological polar surface area (TPSA) is 97.1 Å². The van der Waals surface area contributed by atoms with Crippen LogP contribution in [0.25, 0.3) is 11.0 Å². The molecule has 2 N–H and O–H groups in total. The zero-order valence-electron chi connectivity index (χ0n) is 11.5. The molecule has 0 aliphatic heterocycles. The number of para-hydroxylation sites is 1. The molecule has 1 amide bonds. The summed E-state index contributed by atoms with van der Waals surface area (Å²) in [5, 5.41) is 19.7. The molecule has 7 nitrogen and oxygen atoms in total. The molecule has 0 radical (unpaired) electrons.